The van der Waals surface area contributed by atoms with Crippen molar-refractivity contribution in [3.8, 4) is 5.75 Å². The quantitative estimate of drug-likeness (QED) is 0.0468. The summed E-state index contributed by atoms with van der Waals surface area (Å²) in [5.74, 6) is 0.371. The van der Waals surface area contributed by atoms with Crippen molar-refractivity contribution >= 4 is 29.7 Å². The molecule has 0 radical (unpaired) electrons. The molecule has 0 fully saturated rings. The summed E-state index contributed by atoms with van der Waals surface area (Å²) in [5.41, 5.74) is 4.96. The van der Waals surface area contributed by atoms with Crippen LogP contribution in [0.1, 0.15) is 60.6 Å². The zero-order valence-electron chi connectivity index (χ0n) is 34.4. The number of hydrogen-bond acceptors (Lipinski definition) is 9. The first-order valence-corrected chi connectivity index (χ1v) is 20.7. The molecule has 1 unspecified atom stereocenters. The number of ether oxygens (including phenoxy) is 3. The van der Waals surface area contributed by atoms with E-state index in [0.29, 0.717) is 43.1 Å². The van der Waals surface area contributed by atoms with Gasteiger partial charge >= 0.3 is 12.1 Å². The third-order valence-electron chi connectivity index (χ3n) is 9.45. The lowest BCUT2D eigenvalue weighted by Gasteiger charge is -2.35. The molecule has 0 spiro atoms. The molecule has 0 saturated carbocycles. The predicted octanol–water partition coefficient (Wildman–Crippen LogP) is 7.42. The number of nitrogens with one attached hydrogen (secondary N) is 1. The fourth-order valence-electron chi connectivity index (χ4n) is 6.66. The Morgan fingerprint density at radius 3 is 1.74 bits per heavy atom. The Morgan fingerprint density at radius 1 is 0.737 bits per heavy atom. The van der Waals surface area contributed by atoms with E-state index >= 15 is 0 Å². The molecule has 0 aliphatic carbocycles. The maximum absolute atomic E-state index is 13.4. The van der Waals surface area contributed by atoms with E-state index in [1.165, 1.54) is 6.92 Å². The van der Waals surface area contributed by atoms with Crippen LogP contribution in [-0.2, 0) is 30.2 Å². The van der Waals surface area contributed by atoms with Gasteiger partial charge < -0.3 is 34.2 Å². The van der Waals surface area contributed by atoms with Crippen molar-refractivity contribution in [3.05, 3.63) is 137 Å². The Kier molecular flexibility index (Phi) is 18.6. The highest BCUT2D eigenvalue weighted by atomic mass is 32.2. The topological polar surface area (TPSA) is 101 Å². The van der Waals surface area contributed by atoms with Crippen LogP contribution < -0.4 is 10.1 Å². The molecule has 4 aromatic carbocycles. The molecule has 4 aromatic rings. The van der Waals surface area contributed by atoms with Gasteiger partial charge in [-0.05, 0) is 100 Å². The number of nitrogens with zero attached hydrogens (tertiary/aromatic N) is 3. The van der Waals surface area contributed by atoms with Gasteiger partial charge in [0, 0.05) is 32.3 Å². The molecular weight excluding hydrogens is 737 g/mol. The van der Waals surface area contributed by atoms with Crippen LogP contribution in [0, 0.1) is 0 Å². The van der Waals surface area contributed by atoms with Gasteiger partial charge in [-0.3, -0.25) is 9.59 Å². The highest BCUT2D eigenvalue weighted by molar-refractivity contribution is 8.00. The van der Waals surface area contributed by atoms with Gasteiger partial charge in [-0.15, -0.1) is 11.8 Å². The molecule has 1 atom stereocenters. The highest BCUT2D eigenvalue weighted by Gasteiger charge is 2.36. The molecule has 0 saturated heterocycles. The summed E-state index contributed by atoms with van der Waals surface area (Å²) in [7, 11) is 8.07. The molecular formula is C46H60N4O6S. The first-order chi connectivity index (χ1) is 27.5. The predicted molar refractivity (Wildman–Crippen MR) is 230 cm³/mol. The van der Waals surface area contributed by atoms with Crippen LogP contribution in [0.5, 0.6) is 5.75 Å². The summed E-state index contributed by atoms with van der Waals surface area (Å²) in [6.07, 6.45) is 1.12. The number of rotatable bonds is 23. The monoisotopic (exact) mass is 796 g/mol. The van der Waals surface area contributed by atoms with Gasteiger partial charge in [0.25, 0.3) is 0 Å². The van der Waals surface area contributed by atoms with Gasteiger partial charge in [0.05, 0.1) is 11.4 Å². The van der Waals surface area contributed by atoms with Crippen molar-refractivity contribution in [1.82, 2.24) is 20.0 Å². The smallest absolute Gasteiger partial charge is 0.415 e. The first-order valence-electron chi connectivity index (χ1n) is 19.7. The van der Waals surface area contributed by atoms with Crippen LogP contribution in [0.25, 0.3) is 0 Å². The maximum Gasteiger partial charge on any atom is 0.415 e. The number of hydrogen-bond donors (Lipinski definition) is 1. The molecule has 4 rings (SSSR count). The van der Waals surface area contributed by atoms with Gasteiger partial charge in [0.15, 0.2) is 6.10 Å². The Labute approximate surface area is 343 Å². The third-order valence-corrected chi connectivity index (χ3v) is 11.0. The number of aryl methyl sites for hydroxylation is 1. The van der Waals surface area contributed by atoms with Crippen molar-refractivity contribution in [2.75, 3.05) is 79.9 Å². The fraction of sp³-hybridized carbons (Fsp3) is 0.413. The Morgan fingerprint density at radius 2 is 1.26 bits per heavy atom. The van der Waals surface area contributed by atoms with Crippen LogP contribution in [0.15, 0.2) is 109 Å². The average Bonchev–Trinajstić information content (AvgIpc) is 3.20. The number of carbonyl (C=O) groups excluding carboxylic acids is 3. The third kappa shape index (κ3) is 14.0. The van der Waals surface area contributed by atoms with Crippen LogP contribution in [0.4, 0.5) is 4.79 Å². The van der Waals surface area contributed by atoms with Gasteiger partial charge in [0.2, 0.25) is 5.91 Å². The highest BCUT2D eigenvalue weighted by Crippen LogP contribution is 2.48. The summed E-state index contributed by atoms with van der Waals surface area (Å²) in [6, 6.07) is 36.7. The second-order valence-corrected chi connectivity index (χ2v) is 15.8. The van der Waals surface area contributed by atoms with E-state index in [2.05, 4.69) is 87.9 Å². The summed E-state index contributed by atoms with van der Waals surface area (Å²) in [4.78, 5) is 44.5. The van der Waals surface area contributed by atoms with Crippen molar-refractivity contribution in [3.63, 3.8) is 0 Å². The van der Waals surface area contributed by atoms with E-state index in [0.717, 1.165) is 48.2 Å². The summed E-state index contributed by atoms with van der Waals surface area (Å²) >= 11 is 1.77. The maximum atomic E-state index is 13.4. The normalized spacial score (nSPS) is 12.0. The molecule has 306 valence electrons. The second kappa shape index (κ2) is 23.5. The van der Waals surface area contributed by atoms with Crippen molar-refractivity contribution in [1.29, 1.82) is 0 Å². The number of thioether (sulfide) groups is 1. The summed E-state index contributed by atoms with van der Waals surface area (Å²) in [6.45, 7) is 6.46. The molecule has 10 nitrogen and oxygen atoms in total. The lowest BCUT2D eigenvalue weighted by molar-refractivity contribution is -0.150. The molecule has 11 heteroatoms. The minimum absolute atomic E-state index is 0.0191. The largest absolute Gasteiger partial charge is 0.455 e. The number of amides is 2. The summed E-state index contributed by atoms with van der Waals surface area (Å²) < 4.78 is 16.9. The lowest BCUT2D eigenvalue weighted by Crippen LogP contribution is -2.37. The second-order valence-electron chi connectivity index (χ2n) is 14.5. The van der Waals surface area contributed by atoms with E-state index in [-0.39, 0.29) is 25.2 Å². The molecule has 2 amide bonds. The molecule has 1 N–H and O–H groups in total. The molecule has 0 heterocycles. The van der Waals surface area contributed by atoms with Gasteiger partial charge in [-0.1, -0.05) is 104 Å². The van der Waals surface area contributed by atoms with E-state index < -0.39 is 16.8 Å². The minimum Gasteiger partial charge on any atom is -0.455 e. The molecule has 0 aliphatic rings. The standard InChI is InChI=1S/C46H60N4O6S/c1-7-37-33-38(25-26-42(37)56-45(53)50(30-17-28-48(3)4)31-18-29-49(5)6)43(55-36(2)51)34-54-35-44(52)47-27-32-57-46(39-19-11-8-12-20-39,40-21-13-9-14-22-40)41-23-15-10-16-24-41/h8-16,19-26,33,43H,7,17-18,27-32,34-35H2,1-6H3,(H,47,52). The van der Waals surface area contributed by atoms with Crippen LogP contribution in [-0.4, -0.2) is 113 Å². The van der Waals surface area contributed by atoms with Crippen LogP contribution in [0.2, 0.25) is 0 Å². The zero-order valence-corrected chi connectivity index (χ0v) is 35.3. The Hall–Kier alpha value is -4.68. The number of esters is 1. The van der Waals surface area contributed by atoms with E-state index in [9.17, 15) is 14.4 Å². The molecule has 0 aliphatic heterocycles. The SMILES string of the molecule is CCc1cc(C(COCC(=O)NCCSC(c2ccccc2)(c2ccccc2)c2ccccc2)OC(C)=O)ccc1OC(=O)N(CCCN(C)C)CCCN(C)C. The zero-order chi connectivity index (χ0) is 41.0. The van der Waals surface area contributed by atoms with Crippen LogP contribution >= 0.6 is 11.8 Å². The van der Waals surface area contributed by atoms with Crippen LogP contribution in [0.3, 0.4) is 0 Å². The van der Waals surface area contributed by atoms with Crippen molar-refractivity contribution < 1.29 is 28.6 Å². The lowest BCUT2D eigenvalue weighted by atomic mass is 9.84. The Balaban J connectivity index is 1.37. The van der Waals surface area contributed by atoms with E-state index in [4.69, 9.17) is 14.2 Å². The first kappa shape index (κ1) is 45.0. The molecule has 57 heavy (non-hydrogen) atoms. The van der Waals surface area contributed by atoms with Gasteiger partial charge in [-0.25, -0.2) is 4.79 Å². The minimum atomic E-state index is -0.752. The molecule has 0 bridgehead atoms. The Bertz CT molecular complexity index is 1700. The average molecular weight is 797 g/mol. The fourth-order valence-corrected chi connectivity index (χ4v) is 8.07. The molecule has 0 aromatic heterocycles. The van der Waals surface area contributed by atoms with E-state index in [1.54, 1.807) is 28.8 Å². The van der Waals surface area contributed by atoms with Crippen molar-refractivity contribution in [2.24, 2.45) is 0 Å². The van der Waals surface area contributed by atoms with Gasteiger partial charge in [0.1, 0.15) is 12.4 Å². The number of carbonyl (C=O) groups is 3. The van der Waals surface area contributed by atoms with Gasteiger partial charge in [-0.2, -0.15) is 0 Å². The van der Waals surface area contributed by atoms with E-state index in [1.807, 2.05) is 59.4 Å². The summed E-state index contributed by atoms with van der Waals surface area (Å²) in [5, 5.41) is 3.00. The van der Waals surface area contributed by atoms with Crippen molar-refractivity contribution in [2.45, 2.75) is 44.0 Å². The number of benzene rings is 4.